The highest BCUT2D eigenvalue weighted by atomic mass is 16.6. The first-order valence-corrected chi connectivity index (χ1v) is 10.2. The van der Waals surface area contributed by atoms with Gasteiger partial charge in [0.1, 0.15) is 6.10 Å². The standard InChI is InChI=1S/C24H30N2O3/c1-16(2)17(3)29-23(28)25-20-11-12-22-21(15-20)24(5,13-14-26(22)18(4)27)19-9-7-6-8-10-19/h6-12,15-17H,13-14H2,1-5H3,(H,25,28)/t17-,24?/m1/s1. The van der Waals surface area contributed by atoms with Crippen molar-refractivity contribution in [2.45, 2.75) is 52.6 Å². The Morgan fingerprint density at radius 3 is 2.41 bits per heavy atom. The maximum Gasteiger partial charge on any atom is 0.411 e. The molecule has 2 aromatic carbocycles. The number of fused-ring (bicyclic) bond motifs is 1. The van der Waals surface area contributed by atoms with Crippen molar-refractivity contribution in [1.29, 1.82) is 0 Å². The molecule has 1 N–H and O–H groups in total. The van der Waals surface area contributed by atoms with Gasteiger partial charge in [0.05, 0.1) is 0 Å². The van der Waals surface area contributed by atoms with Crippen LogP contribution in [0.4, 0.5) is 16.2 Å². The molecular weight excluding hydrogens is 364 g/mol. The number of benzene rings is 2. The van der Waals surface area contributed by atoms with E-state index in [-0.39, 0.29) is 23.3 Å². The highest BCUT2D eigenvalue weighted by Crippen LogP contribution is 2.45. The number of carbonyl (C=O) groups excluding carboxylic acids is 2. The SMILES string of the molecule is CC(=O)N1CCC(C)(c2ccccc2)c2cc(NC(=O)O[C@H](C)C(C)C)ccc21. The molecule has 0 spiro atoms. The van der Waals surface area contributed by atoms with Crippen LogP contribution in [0.5, 0.6) is 0 Å². The lowest BCUT2D eigenvalue weighted by atomic mass is 9.71. The number of hydrogen-bond donors (Lipinski definition) is 1. The minimum absolute atomic E-state index is 0.0206. The molecule has 29 heavy (non-hydrogen) atoms. The minimum Gasteiger partial charge on any atom is -0.446 e. The van der Waals surface area contributed by atoms with E-state index >= 15 is 0 Å². The van der Waals surface area contributed by atoms with Gasteiger partial charge in [-0.25, -0.2) is 4.79 Å². The maximum absolute atomic E-state index is 12.3. The molecule has 0 bridgehead atoms. The number of hydrogen-bond acceptors (Lipinski definition) is 3. The Morgan fingerprint density at radius 2 is 1.79 bits per heavy atom. The van der Waals surface area contributed by atoms with E-state index in [2.05, 4.69) is 24.4 Å². The lowest BCUT2D eigenvalue weighted by Crippen LogP contribution is -2.41. The number of nitrogens with one attached hydrogen (secondary N) is 1. The average Bonchev–Trinajstić information content (AvgIpc) is 2.68. The van der Waals surface area contributed by atoms with E-state index in [1.165, 1.54) is 5.56 Å². The molecule has 2 atom stereocenters. The monoisotopic (exact) mass is 394 g/mol. The molecule has 1 aliphatic heterocycles. The van der Waals surface area contributed by atoms with Crippen molar-refractivity contribution in [2.75, 3.05) is 16.8 Å². The number of carbonyl (C=O) groups is 2. The summed E-state index contributed by atoms with van der Waals surface area (Å²) in [6.45, 7) is 10.4. The van der Waals surface area contributed by atoms with Crippen molar-refractivity contribution in [3.05, 3.63) is 59.7 Å². The number of anilines is 2. The Kier molecular flexibility index (Phi) is 5.96. The quantitative estimate of drug-likeness (QED) is 0.761. The second-order valence-corrected chi connectivity index (χ2v) is 8.33. The predicted octanol–water partition coefficient (Wildman–Crippen LogP) is 5.34. The van der Waals surface area contributed by atoms with Crippen LogP contribution in [0.3, 0.4) is 0 Å². The van der Waals surface area contributed by atoms with Crippen LogP contribution in [-0.4, -0.2) is 24.6 Å². The summed E-state index contributed by atoms with van der Waals surface area (Å²) >= 11 is 0. The predicted molar refractivity (Wildman–Crippen MR) is 116 cm³/mol. The average molecular weight is 395 g/mol. The Labute approximate surface area is 173 Å². The Morgan fingerprint density at radius 1 is 1.10 bits per heavy atom. The molecule has 0 aromatic heterocycles. The highest BCUT2D eigenvalue weighted by molar-refractivity contribution is 5.94. The molecule has 0 radical (unpaired) electrons. The van der Waals surface area contributed by atoms with Crippen molar-refractivity contribution in [3.8, 4) is 0 Å². The summed E-state index contributed by atoms with van der Waals surface area (Å²) in [5.74, 6) is 0.266. The van der Waals surface area contributed by atoms with Gasteiger partial charge in [0.25, 0.3) is 0 Å². The van der Waals surface area contributed by atoms with Gasteiger partial charge < -0.3 is 9.64 Å². The fourth-order valence-electron chi connectivity index (χ4n) is 3.77. The van der Waals surface area contributed by atoms with Crippen LogP contribution in [-0.2, 0) is 14.9 Å². The van der Waals surface area contributed by atoms with E-state index in [0.717, 1.165) is 17.7 Å². The van der Waals surface area contributed by atoms with Crippen LogP contribution in [0.25, 0.3) is 0 Å². The van der Waals surface area contributed by atoms with Gasteiger partial charge in [0, 0.05) is 30.3 Å². The molecule has 2 aromatic rings. The third kappa shape index (κ3) is 4.29. The van der Waals surface area contributed by atoms with Gasteiger partial charge in [-0.1, -0.05) is 51.1 Å². The molecule has 154 valence electrons. The fourth-order valence-corrected chi connectivity index (χ4v) is 3.77. The molecule has 0 saturated heterocycles. The molecule has 5 nitrogen and oxygen atoms in total. The number of rotatable bonds is 4. The lowest BCUT2D eigenvalue weighted by Gasteiger charge is -2.41. The summed E-state index contributed by atoms with van der Waals surface area (Å²) in [7, 11) is 0. The molecule has 1 aliphatic rings. The smallest absolute Gasteiger partial charge is 0.411 e. The van der Waals surface area contributed by atoms with E-state index in [1.807, 2.05) is 62.1 Å². The Bertz CT molecular complexity index is 894. The summed E-state index contributed by atoms with van der Waals surface area (Å²) in [5.41, 5.74) is 3.52. The van der Waals surface area contributed by atoms with Crippen LogP contribution < -0.4 is 10.2 Å². The molecule has 1 unspecified atom stereocenters. The third-order valence-electron chi connectivity index (χ3n) is 5.99. The summed E-state index contributed by atoms with van der Waals surface area (Å²) < 4.78 is 5.44. The van der Waals surface area contributed by atoms with Gasteiger partial charge in [-0.3, -0.25) is 10.1 Å². The molecule has 0 saturated carbocycles. The number of nitrogens with zero attached hydrogens (tertiary/aromatic N) is 1. The summed E-state index contributed by atoms with van der Waals surface area (Å²) in [4.78, 5) is 26.3. The molecule has 2 amide bonds. The number of amides is 2. The van der Waals surface area contributed by atoms with Gasteiger partial charge in [0.15, 0.2) is 0 Å². The fraction of sp³-hybridized carbons (Fsp3) is 0.417. The second-order valence-electron chi connectivity index (χ2n) is 8.33. The van der Waals surface area contributed by atoms with Crippen LogP contribution in [0.1, 0.15) is 52.2 Å². The van der Waals surface area contributed by atoms with Gasteiger partial charge in [-0.2, -0.15) is 0 Å². The van der Waals surface area contributed by atoms with Crippen LogP contribution >= 0.6 is 0 Å². The van der Waals surface area contributed by atoms with Gasteiger partial charge >= 0.3 is 6.09 Å². The van der Waals surface area contributed by atoms with Crippen molar-refractivity contribution in [2.24, 2.45) is 5.92 Å². The zero-order valence-corrected chi connectivity index (χ0v) is 17.9. The largest absolute Gasteiger partial charge is 0.446 e. The Balaban J connectivity index is 1.98. The Hall–Kier alpha value is -2.82. The van der Waals surface area contributed by atoms with Crippen molar-refractivity contribution >= 4 is 23.4 Å². The zero-order valence-electron chi connectivity index (χ0n) is 17.9. The van der Waals surface area contributed by atoms with Crippen LogP contribution in [0.2, 0.25) is 0 Å². The van der Waals surface area contributed by atoms with E-state index in [1.54, 1.807) is 6.92 Å². The van der Waals surface area contributed by atoms with E-state index in [0.29, 0.717) is 12.2 Å². The minimum atomic E-state index is -0.466. The molecule has 3 rings (SSSR count). The van der Waals surface area contributed by atoms with E-state index in [9.17, 15) is 9.59 Å². The maximum atomic E-state index is 12.3. The first-order valence-electron chi connectivity index (χ1n) is 10.2. The molecule has 5 heteroatoms. The second kappa shape index (κ2) is 8.27. The van der Waals surface area contributed by atoms with Crippen LogP contribution in [0, 0.1) is 5.92 Å². The van der Waals surface area contributed by atoms with Crippen molar-refractivity contribution in [3.63, 3.8) is 0 Å². The summed E-state index contributed by atoms with van der Waals surface area (Å²) in [6.07, 6.45) is 0.171. The molecule has 0 fully saturated rings. The molecule has 1 heterocycles. The van der Waals surface area contributed by atoms with E-state index < -0.39 is 6.09 Å². The molecule has 0 aliphatic carbocycles. The summed E-state index contributed by atoms with van der Waals surface area (Å²) in [5, 5.41) is 2.85. The number of ether oxygens (including phenoxy) is 1. The topological polar surface area (TPSA) is 58.6 Å². The summed E-state index contributed by atoms with van der Waals surface area (Å²) in [6, 6.07) is 16.0. The van der Waals surface area contributed by atoms with Gasteiger partial charge in [-0.05, 0) is 48.6 Å². The van der Waals surface area contributed by atoms with Gasteiger partial charge in [-0.15, -0.1) is 0 Å². The highest BCUT2D eigenvalue weighted by Gasteiger charge is 2.38. The van der Waals surface area contributed by atoms with Crippen LogP contribution in [0.15, 0.2) is 48.5 Å². The van der Waals surface area contributed by atoms with E-state index in [4.69, 9.17) is 4.74 Å². The zero-order chi connectivity index (χ0) is 21.2. The molecular formula is C24H30N2O3. The third-order valence-corrected chi connectivity index (χ3v) is 5.99. The first kappa shape index (κ1) is 20.9. The first-order chi connectivity index (χ1) is 13.7. The van der Waals surface area contributed by atoms with Gasteiger partial charge in [0.2, 0.25) is 5.91 Å². The van der Waals surface area contributed by atoms with Crippen molar-refractivity contribution < 1.29 is 14.3 Å². The lowest BCUT2D eigenvalue weighted by molar-refractivity contribution is -0.116. The normalized spacial score (nSPS) is 19.4. The van der Waals surface area contributed by atoms with Crippen molar-refractivity contribution in [1.82, 2.24) is 0 Å².